The molecule has 1 atom stereocenters. The molecule has 1 aliphatic rings. The predicted octanol–water partition coefficient (Wildman–Crippen LogP) is 2.43. The minimum Gasteiger partial charge on any atom is -0.343 e. The summed E-state index contributed by atoms with van der Waals surface area (Å²) >= 11 is 0. The second kappa shape index (κ2) is 8.07. The highest BCUT2D eigenvalue weighted by molar-refractivity contribution is 5.81. The molecule has 4 rings (SSSR count). The second-order valence-corrected chi connectivity index (χ2v) is 8.37. The molecule has 1 aliphatic heterocycles. The molecule has 0 spiro atoms. The third kappa shape index (κ3) is 3.77. The Kier molecular flexibility index (Phi) is 5.47. The largest absolute Gasteiger partial charge is 0.343 e. The van der Waals surface area contributed by atoms with E-state index in [9.17, 15) is 9.59 Å². The standard InChI is InChI=1S/C23H29N5O2/c1-15-9-19(14-26(3)23(15)30)22-25-20-7-6-17(11-24)10-21(20)28(22)13-18-5-4-8-27(12-18)16(2)29/h6-7,9-10,14,18H,4-5,8,11-13,24H2,1-3H3/t18-/m1/s1. The van der Waals surface area contributed by atoms with Gasteiger partial charge in [-0.1, -0.05) is 6.07 Å². The number of likely N-dealkylation sites (tertiary alicyclic amines) is 1. The van der Waals surface area contributed by atoms with E-state index in [4.69, 9.17) is 10.7 Å². The van der Waals surface area contributed by atoms with Crippen molar-refractivity contribution >= 4 is 16.9 Å². The minimum atomic E-state index is -0.00351. The van der Waals surface area contributed by atoms with Crippen molar-refractivity contribution in [3.63, 3.8) is 0 Å². The first-order valence-electron chi connectivity index (χ1n) is 10.5. The van der Waals surface area contributed by atoms with Crippen LogP contribution in [0.25, 0.3) is 22.4 Å². The Bertz CT molecular complexity index is 1130. The van der Waals surface area contributed by atoms with Crippen LogP contribution in [0.5, 0.6) is 0 Å². The first-order chi connectivity index (χ1) is 14.4. The van der Waals surface area contributed by atoms with E-state index in [-0.39, 0.29) is 11.5 Å². The van der Waals surface area contributed by atoms with Crippen molar-refractivity contribution in [2.45, 2.75) is 39.8 Å². The van der Waals surface area contributed by atoms with Gasteiger partial charge in [0.2, 0.25) is 5.91 Å². The molecule has 0 unspecified atom stereocenters. The maximum Gasteiger partial charge on any atom is 0.253 e. The van der Waals surface area contributed by atoms with Gasteiger partial charge in [-0.05, 0) is 49.4 Å². The van der Waals surface area contributed by atoms with Crippen LogP contribution in [0, 0.1) is 12.8 Å². The Labute approximate surface area is 176 Å². The fourth-order valence-electron chi connectivity index (χ4n) is 4.46. The summed E-state index contributed by atoms with van der Waals surface area (Å²) in [4.78, 5) is 30.9. The van der Waals surface area contributed by atoms with Gasteiger partial charge in [0.25, 0.3) is 5.56 Å². The second-order valence-electron chi connectivity index (χ2n) is 8.37. The third-order valence-electron chi connectivity index (χ3n) is 6.07. The maximum atomic E-state index is 12.2. The average Bonchev–Trinajstić information content (AvgIpc) is 3.09. The number of piperidine rings is 1. The average molecular weight is 408 g/mol. The van der Waals surface area contributed by atoms with Crippen LogP contribution in [0.1, 0.15) is 30.9 Å². The SMILES string of the molecule is CC(=O)N1CCC[C@@H](Cn2c(-c3cc(C)c(=O)n(C)c3)nc3ccc(CN)cc32)C1. The molecule has 0 radical (unpaired) electrons. The molecule has 0 bridgehead atoms. The van der Waals surface area contributed by atoms with E-state index in [2.05, 4.69) is 10.6 Å². The first-order valence-corrected chi connectivity index (χ1v) is 10.5. The molecule has 1 fully saturated rings. The number of aromatic nitrogens is 3. The topological polar surface area (TPSA) is 86.2 Å². The summed E-state index contributed by atoms with van der Waals surface area (Å²) in [6.07, 6.45) is 3.94. The Balaban J connectivity index is 1.82. The lowest BCUT2D eigenvalue weighted by Gasteiger charge is -2.32. The normalized spacial score (nSPS) is 16.9. The van der Waals surface area contributed by atoms with E-state index in [1.54, 1.807) is 18.5 Å². The zero-order valence-electron chi connectivity index (χ0n) is 17.9. The molecular weight excluding hydrogens is 378 g/mol. The number of pyridine rings is 1. The van der Waals surface area contributed by atoms with Gasteiger partial charge in [-0.25, -0.2) is 4.98 Å². The molecular formula is C23H29N5O2. The van der Waals surface area contributed by atoms with Crippen LogP contribution >= 0.6 is 0 Å². The number of fused-ring (bicyclic) bond motifs is 1. The van der Waals surface area contributed by atoms with Crippen LogP contribution in [-0.2, 0) is 24.9 Å². The highest BCUT2D eigenvalue weighted by atomic mass is 16.2. The molecule has 7 nitrogen and oxygen atoms in total. The number of benzene rings is 1. The number of rotatable bonds is 4. The number of carbonyl (C=O) groups excluding carboxylic acids is 1. The van der Waals surface area contributed by atoms with E-state index in [1.165, 1.54) is 0 Å². The maximum absolute atomic E-state index is 12.2. The van der Waals surface area contributed by atoms with Crippen LogP contribution in [0.2, 0.25) is 0 Å². The van der Waals surface area contributed by atoms with Gasteiger partial charge in [-0.15, -0.1) is 0 Å². The van der Waals surface area contributed by atoms with Gasteiger partial charge in [0, 0.05) is 57.5 Å². The lowest BCUT2D eigenvalue weighted by Crippen LogP contribution is -2.39. The fourth-order valence-corrected chi connectivity index (χ4v) is 4.46. The lowest BCUT2D eigenvalue weighted by molar-refractivity contribution is -0.130. The number of nitrogens with zero attached hydrogens (tertiary/aromatic N) is 4. The Morgan fingerprint density at radius 2 is 2.10 bits per heavy atom. The van der Waals surface area contributed by atoms with E-state index in [0.29, 0.717) is 18.0 Å². The fraction of sp³-hybridized carbons (Fsp3) is 0.435. The summed E-state index contributed by atoms with van der Waals surface area (Å²) in [6, 6.07) is 8.03. The van der Waals surface area contributed by atoms with E-state index < -0.39 is 0 Å². The van der Waals surface area contributed by atoms with Crippen LogP contribution in [0.4, 0.5) is 0 Å². The van der Waals surface area contributed by atoms with Crippen molar-refractivity contribution in [3.05, 3.63) is 51.9 Å². The quantitative estimate of drug-likeness (QED) is 0.720. The summed E-state index contributed by atoms with van der Waals surface area (Å²) in [5.41, 5.74) is 10.5. The molecule has 30 heavy (non-hydrogen) atoms. The number of hydrogen-bond acceptors (Lipinski definition) is 4. The van der Waals surface area contributed by atoms with E-state index in [1.807, 2.05) is 36.2 Å². The highest BCUT2D eigenvalue weighted by Crippen LogP contribution is 2.29. The van der Waals surface area contributed by atoms with E-state index >= 15 is 0 Å². The summed E-state index contributed by atoms with van der Waals surface area (Å²) in [7, 11) is 1.77. The Hall–Kier alpha value is -2.93. The van der Waals surface area contributed by atoms with Gasteiger partial charge in [-0.2, -0.15) is 0 Å². The number of amides is 1. The lowest BCUT2D eigenvalue weighted by atomic mass is 9.97. The van der Waals surface area contributed by atoms with Gasteiger partial charge in [0.15, 0.2) is 0 Å². The molecule has 1 aromatic carbocycles. The molecule has 158 valence electrons. The molecule has 0 saturated carbocycles. The smallest absolute Gasteiger partial charge is 0.253 e. The Morgan fingerprint density at radius 1 is 1.30 bits per heavy atom. The van der Waals surface area contributed by atoms with Gasteiger partial charge in [0.1, 0.15) is 5.82 Å². The molecule has 7 heteroatoms. The summed E-state index contributed by atoms with van der Waals surface area (Å²) in [5.74, 6) is 1.33. The zero-order chi connectivity index (χ0) is 21.4. The monoisotopic (exact) mass is 407 g/mol. The van der Waals surface area contributed by atoms with Crippen molar-refractivity contribution in [1.82, 2.24) is 19.0 Å². The van der Waals surface area contributed by atoms with Crippen LogP contribution in [0.3, 0.4) is 0 Å². The van der Waals surface area contributed by atoms with Gasteiger partial charge >= 0.3 is 0 Å². The molecule has 1 saturated heterocycles. The van der Waals surface area contributed by atoms with Gasteiger partial charge < -0.3 is 19.8 Å². The predicted molar refractivity (Wildman–Crippen MR) is 118 cm³/mol. The third-order valence-corrected chi connectivity index (χ3v) is 6.07. The number of hydrogen-bond donors (Lipinski definition) is 1. The van der Waals surface area contributed by atoms with E-state index in [0.717, 1.165) is 60.5 Å². The number of nitrogens with two attached hydrogens (primary N) is 1. The summed E-state index contributed by atoms with van der Waals surface area (Å²) < 4.78 is 3.85. The summed E-state index contributed by atoms with van der Waals surface area (Å²) in [6.45, 7) is 6.30. The van der Waals surface area contributed by atoms with Crippen LogP contribution in [0.15, 0.2) is 35.3 Å². The zero-order valence-corrected chi connectivity index (χ0v) is 17.9. The number of aryl methyl sites for hydroxylation is 2. The molecule has 3 aromatic rings. The van der Waals surface area contributed by atoms with Crippen molar-refractivity contribution in [3.8, 4) is 11.4 Å². The van der Waals surface area contributed by atoms with Gasteiger partial charge in [-0.3, -0.25) is 9.59 Å². The van der Waals surface area contributed by atoms with Crippen molar-refractivity contribution in [1.29, 1.82) is 0 Å². The number of imidazole rings is 1. The van der Waals surface area contributed by atoms with Crippen LogP contribution < -0.4 is 11.3 Å². The minimum absolute atomic E-state index is 0.00351. The first kappa shape index (κ1) is 20.3. The van der Waals surface area contributed by atoms with Crippen LogP contribution in [-0.4, -0.2) is 38.0 Å². The highest BCUT2D eigenvalue weighted by Gasteiger charge is 2.24. The van der Waals surface area contributed by atoms with Crippen molar-refractivity contribution in [2.75, 3.05) is 13.1 Å². The van der Waals surface area contributed by atoms with Gasteiger partial charge in [0.05, 0.1) is 11.0 Å². The molecule has 2 N–H and O–H groups in total. The van der Waals surface area contributed by atoms with Crippen molar-refractivity contribution < 1.29 is 4.79 Å². The summed E-state index contributed by atoms with van der Waals surface area (Å²) in [5, 5.41) is 0. The number of carbonyl (C=O) groups is 1. The molecule has 2 aromatic heterocycles. The molecule has 0 aliphatic carbocycles. The molecule has 1 amide bonds. The Morgan fingerprint density at radius 3 is 2.80 bits per heavy atom. The van der Waals surface area contributed by atoms with Crippen molar-refractivity contribution in [2.24, 2.45) is 18.7 Å². The molecule has 3 heterocycles.